The first-order chi connectivity index (χ1) is 49.5. The summed E-state index contributed by atoms with van der Waals surface area (Å²) in [7, 11) is 14.4. The van der Waals surface area contributed by atoms with Crippen molar-refractivity contribution in [1.82, 2.24) is 0 Å². The second kappa shape index (κ2) is 57.2. The van der Waals surface area contributed by atoms with Crippen molar-refractivity contribution in [1.29, 1.82) is 0 Å². The number of hydrogen-bond acceptors (Lipinski definition) is 8. The zero-order valence-corrected chi connectivity index (χ0v) is 68.2. The third kappa shape index (κ3) is 31.2. The van der Waals surface area contributed by atoms with Gasteiger partial charge < -0.3 is 14.7 Å². The van der Waals surface area contributed by atoms with Crippen molar-refractivity contribution in [3.8, 4) is 0 Å². The molecule has 3 heterocycles. The molecule has 0 unspecified atom stereocenters. The molecule has 0 aromatic heterocycles. The van der Waals surface area contributed by atoms with Gasteiger partial charge in [-0.3, -0.25) is 25.0 Å². The Bertz CT molecular complexity index is 3570. The van der Waals surface area contributed by atoms with E-state index in [0.29, 0.717) is 0 Å². The summed E-state index contributed by atoms with van der Waals surface area (Å²) >= 11 is 0. The van der Waals surface area contributed by atoms with Crippen LogP contribution in [0.25, 0.3) is 0 Å². The van der Waals surface area contributed by atoms with E-state index < -0.39 is 0 Å². The summed E-state index contributed by atoms with van der Waals surface area (Å²) in [6, 6.07) is 75.5. The first-order valence-corrected chi connectivity index (χ1v) is 37.7. The van der Waals surface area contributed by atoms with E-state index in [4.69, 9.17) is 9.98 Å². The Balaban J connectivity index is 0. The molecule has 9 aromatic rings. The van der Waals surface area contributed by atoms with Gasteiger partial charge in [0.05, 0.1) is 46.3 Å². The Kier molecular flexibility index (Phi) is 52.9. The average Bonchev–Trinajstić information content (AvgIpc) is 1.66. The van der Waals surface area contributed by atoms with Crippen molar-refractivity contribution < 1.29 is 4.58 Å². The second-order valence-electron chi connectivity index (χ2n) is 20.4. The smallest absolute Gasteiger partial charge is 0.208 e. The minimum atomic E-state index is 0.900. The summed E-state index contributed by atoms with van der Waals surface area (Å²) in [5, 5.41) is 0. The first kappa shape index (κ1) is 93.5. The minimum absolute atomic E-state index is 0.900. The topological polar surface area (TPSA) is 74.5 Å². The number of para-hydroxylation sites is 3. The highest BCUT2D eigenvalue weighted by Gasteiger charge is 2.27. The third-order valence-electron chi connectivity index (χ3n) is 14.2. The van der Waals surface area contributed by atoms with E-state index >= 15 is 0 Å². The lowest BCUT2D eigenvalue weighted by Gasteiger charge is -2.11. The summed E-state index contributed by atoms with van der Waals surface area (Å²) in [4.78, 5) is 29.5. The molecule has 0 saturated carbocycles. The number of rotatable bonds is 12. The lowest BCUT2D eigenvalue weighted by molar-refractivity contribution is -0.401. The van der Waals surface area contributed by atoms with E-state index in [1.54, 1.807) is 0 Å². The van der Waals surface area contributed by atoms with Gasteiger partial charge in [0.15, 0.2) is 5.71 Å². The highest BCUT2D eigenvalue weighted by Crippen LogP contribution is 2.32. The van der Waals surface area contributed by atoms with Gasteiger partial charge in [0.1, 0.15) is 7.05 Å². The molecule has 9 aromatic carbocycles. The molecular weight excluding hydrogens is 1230 g/mol. The van der Waals surface area contributed by atoms with Crippen LogP contribution in [0.5, 0.6) is 0 Å². The number of anilines is 3. The maximum atomic E-state index is 4.74. The molecule has 0 atom stereocenters. The van der Waals surface area contributed by atoms with E-state index in [9.17, 15) is 0 Å². The Morgan fingerprint density at radius 2 is 0.545 bits per heavy atom. The number of nitrogens with zero attached hydrogens (tertiary/aromatic N) is 9. The normalized spacial score (nSPS) is 10.9. The molecule has 0 fully saturated rings. The fourth-order valence-electron chi connectivity index (χ4n) is 9.57. The van der Waals surface area contributed by atoms with Gasteiger partial charge in [-0.25, -0.2) is 0 Å². The van der Waals surface area contributed by atoms with Crippen molar-refractivity contribution >= 4 is 87.0 Å². The van der Waals surface area contributed by atoms with E-state index in [1.165, 1.54) is 50.7 Å². The molecule has 101 heavy (non-hydrogen) atoms. The third-order valence-corrected chi connectivity index (χ3v) is 14.2. The van der Waals surface area contributed by atoms with E-state index in [-0.39, 0.29) is 0 Å². The molecule has 9 heteroatoms. The summed E-state index contributed by atoms with van der Waals surface area (Å²) in [5.74, 6) is 0. The van der Waals surface area contributed by atoms with Crippen molar-refractivity contribution in [3.05, 3.63) is 268 Å². The molecule has 0 aliphatic carbocycles. The van der Waals surface area contributed by atoms with Gasteiger partial charge in [-0.1, -0.05) is 268 Å². The number of aliphatic imine (C=N–C) groups is 5. The molecule has 0 bridgehead atoms. The zero-order valence-electron chi connectivity index (χ0n) is 68.2. The van der Waals surface area contributed by atoms with E-state index in [0.717, 1.165) is 86.9 Å². The summed E-state index contributed by atoms with van der Waals surface area (Å²) < 4.78 is 2.29. The second-order valence-corrected chi connectivity index (χ2v) is 20.4. The maximum absolute atomic E-state index is 4.74. The molecule has 0 amide bonds. The van der Waals surface area contributed by atoms with Crippen LogP contribution in [0.4, 0.5) is 51.2 Å². The Morgan fingerprint density at radius 1 is 0.287 bits per heavy atom. The molecule has 0 saturated heterocycles. The van der Waals surface area contributed by atoms with Crippen LogP contribution in [0.2, 0.25) is 0 Å². The van der Waals surface area contributed by atoms with Gasteiger partial charge in [0.25, 0.3) is 0 Å². The average molecular weight is 1360 g/mol. The fraction of sp³-hybridized carbons (Fsp3) is 0.348. The van der Waals surface area contributed by atoms with Crippen LogP contribution in [0, 0.1) is 0 Å². The van der Waals surface area contributed by atoms with Gasteiger partial charge in [-0.2, -0.15) is 4.58 Å². The summed E-state index contributed by atoms with van der Waals surface area (Å²) in [5.41, 5.74) is 24.3. The van der Waals surface area contributed by atoms with Crippen LogP contribution < -0.4 is 14.7 Å². The van der Waals surface area contributed by atoms with Gasteiger partial charge in [0.2, 0.25) is 5.69 Å². The summed E-state index contributed by atoms with van der Waals surface area (Å²) in [6.07, 6.45) is 8.50. The van der Waals surface area contributed by atoms with Gasteiger partial charge >= 0.3 is 0 Å². The Morgan fingerprint density at radius 3 is 0.812 bits per heavy atom. The molecule has 0 radical (unpaired) electrons. The number of hydrogen-bond donors (Lipinski definition) is 0. The highest BCUT2D eigenvalue weighted by atomic mass is 15.1. The van der Waals surface area contributed by atoms with Crippen LogP contribution in [-0.2, 0) is 19.3 Å². The highest BCUT2D eigenvalue weighted by molar-refractivity contribution is 6.07. The zero-order chi connectivity index (χ0) is 76.7. The molecule has 3 aliphatic heterocycles. The molecule has 9 nitrogen and oxygen atoms in total. The molecule has 544 valence electrons. The molecule has 12 rings (SSSR count). The van der Waals surface area contributed by atoms with Crippen molar-refractivity contribution in [2.75, 3.05) is 64.0 Å². The summed E-state index contributed by atoms with van der Waals surface area (Å²) in [6.45, 7) is 44.0. The standard InChI is InChI=1S/C24H24N3.2C23H21N3.11C2H6/c1-26(2)22-14-8-18(9-15-22)17-25-21-12-10-19(11-13-21)24-16-20-6-4-5-7-23(20)27(24)3;2*1-26(2)21-13-7-17(8-14-21)16-24-20-11-9-18(10-12-20)23-15-19-5-3-4-6-22(19)25-23;11*1-2/h4-15,17H,16H2,1-3H3;2*3-14,16H,15H2,1-2H3;11*1-2H3/q+1;;;;;;;;;;;;;. The van der Waals surface area contributed by atoms with Crippen LogP contribution in [0.1, 0.15) is 202 Å². The number of fused-ring (bicyclic) bond motifs is 3. The Hall–Kier alpha value is -9.60. The SMILES string of the molecule is CC.CC.CC.CC.CC.CC.CC.CC.CC.CC.CC.CN(C)c1ccc(C=Nc2ccc(C3=Nc4ccccc4C3)cc2)cc1.CN(C)c1ccc(C=Nc2ccc(C3=Nc4ccccc4C3)cc2)cc1.CN(C)c1ccc(C=Nc2ccc(C3=[N+](C)c4ccccc4C3)cc2)cc1. The Labute approximate surface area is 617 Å². The van der Waals surface area contributed by atoms with Crippen molar-refractivity contribution in [3.63, 3.8) is 0 Å². The van der Waals surface area contributed by atoms with Crippen LogP contribution >= 0.6 is 0 Å². The van der Waals surface area contributed by atoms with Gasteiger partial charge in [-0.05, 0) is 136 Å². The quantitative estimate of drug-likeness (QED) is 0.0903. The van der Waals surface area contributed by atoms with Gasteiger partial charge in [-0.15, -0.1) is 0 Å². The van der Waals surface area contributed by atoms with Crippen LogP contribution in [-0.4, -0.2) is 89.7 Å². The first-order valence-electron chi connectivity index (χ1n) is 37.7. The number of benzene rings is 9. The van der Waals surface area contributed by atoms with E-state index in [1.807, 2.05) is 250 Å². The fourth-order valence-corrected chi connectivity index (χ4v) is 9.57. The predicted molar refractivity (Wildman–Crippen MR) is 461 cm³/mol. The van der Waals surface area contributed by atoms with Crippen LogP contribution in [0.3, 0.4) is 0 Å². The minimum Gasteiger partial charge on any atom is -0.378 e. The lowest BCUT2D eigenvalue weighted by Crippen LogP contribution is -2.10. The molecule has 3 aliphatic rings. The van der Waals surface area contributed by atoms with Crippen molar-refractivity contribution in [2.24, 2.45) is 25.0 Å². The van der Waals surface area contributed by atoms with Crippen LogP contribution in [0.15, 0.2) is 243 Å². The molecule has 0 N–H and O–H groups in total. The van der Waals surface area contributed by atoms with E-state index in [2.05, 4.69) is 223 Å². The molecule has 0 spiro atoms. The largest absolute Gasteiger partial charge is 0.378 e. The predicted octanol–water partition coefficient (Wildman–Crippen LogP) is 26.5. The monoisotopic (exact) mass is 1360 g/mol. The molecular formula is C92H132N9+. The maximum Gasteiger partial charge on any atom is 0.208 e. The van der Waals surface area contributed by atoms with Crippen molar-refractivity contribution in [2.45, 2.75) is 172 Å². The van der Waals surface area contributed by atoms with Gasteiger partial charge in [0, 0.05) is 108 Å². The lowest BCUT2D eigenvalue weighted by atomic mass is 10.0.